The van der Waals surface area contributed by atoms with Crippen LogP contribution in [0.1, 0.15) is 15.9 Å². The number of piperazine rings is 1. The molecule has 0 atom stereocenters. The lowest BCUT2D eigenvalue weighted by Gasteiger charge is -2.34. The molecule has 4 rings (SSSR count). The number of amides is 1. The van der Waals surface area contributed by atoms with Gasteiger partial charge in [-0.15, -0.1) is 0 Å². The lowest BCUT2D eigenvalue weighted by molar-refractivity contribution is 0.0628. The molecule has 1 amide bonds. The summed E-state index contributed by atoms with van der Waals surface area (Å²) in [7, 11) is 1.61. The van der Waals surface area contributed by atoms with E-state index in [0.717, 1.165) is 43.7 Å². The Kier molecular flexibility index (Phi) is 4.63. The monoisotopic (exact) mass is 350 g/mol. The van der Waals surface area contributed by atoms with E-state index in [1.54, 1.807) is 19.4 Å². The molecule has 26 heavy (non-hydrogen) atoms. The molecular weight excluding hydrogens is 328 g/mol. The van der Waals surface area contributed by atoms with Crippen LogP contribution in [0.5, 0.6) is 5.75 Å². The first-order valence-corrected chi connectivity index (χ1v) is 8.85. The number of benzene rings is 2. The fraction of sp³-hybridized carbons (Fsp3) is 0.286. The summed E-state index contributed by atoms with van der Waals surface area (Å²) in [4.78, 5) is 17.0. The number of furan rings is 1. The van der Waals surface area contributed by atoms with E-state index < -0.39 is 0 Å². The van der Waals surface area contributed by atoms with Crippen molar-refractivity contribution in [2.45, 2.75) is 6.54 Å². The standard InChI is InChI=1S/C21H22N2O3/c1-25-19-4-2-3-18(14-19)21(24)23-10-8-22(9-11-23)15-16-5-6-20-17(13-16)7-12-26-20/h2-7,12-14H,8-11,15H2,1H3. The molecule has 1 aliphatic heterocycles. The van der Waals surface area contributed by atoms with Crippen LogP contribution in [0.15, 0.2) is 59.2 Å². The second-order valence-corrected chi connectivity index (χ2v) is 6.59. The molecule has 2 aromatic carbocycles. The van der Waals surface area contributed by atoms with E-state index in [1.165, 1.54) is 5.56 Å². The van der Waals surface area contributed by atoms with Crippen molar-refractivity contribution in [3.8, 4) is 5.75 Å². The highest BCUT2D eigenvalue weighted by Crippen LogP contribution is 2.19. The number of hydrogen-bond acceptors (Lipinski definition) is 4. The number of methoxy groups -OCH3 is 1. The minimum absolute atomic E-state index is 0.0726. The molecule has 1 aromatic heterocycles. The van der Waals surface area contributed by atoms with Crippen molar-refractivity contribution in [1.82, 2.24) is 9.80 Å². The van der Waals surface area contributed by atoms with Gasteiger partial charge in [0, 0.05) is 43.7 Å². The molecule has 5 nitrogen and oxygen atoms in total. The normalized spacial score (nSPS) is 15.3. The van der Waals surface area contributed by atoms with E-state index in [0.29, 0.717) is 11.3 Å². The minimum Gasteiger partial charge on any atom is -0.497 e. The Hall–Kier alpha value is -2.79. The fourth-order valence-corrected chi connectivity index (χ4v) is 3.42. The summed E-state index contributed by atoms with van der Waals surface area (Å²) in [5.74, 6) is 0.785. The quantitative estimate of drug-likeness (QED) is 0.723. The molecule has 1 saturated heterocycles. The first-order valence-electron chi connectivity index (χ1n) is 8.85. The third-order valence-electron chi connectivity index (χ3n) is 4.90. The zero-order chi connectivity index (χ0) is 17.9. The Bertz CT molecular complexity index is 910. The molecule has 5 heteroatoms. The van der Waals surface area contributed by atoms with Crippen LogP contribution in [-0.4, -0.2) is 49.0 Å². The maximum absolute atomic E-state index is 12.7. The summed E-state index contributed by atoms with van der Waals surface area (Å²) in [5.41, 5.74) is 2.87. The molecule has 0 N–H and O–H groups in total. The molecule has 0 spiro atoms. The van der Waals surface area contributed by atoms with Gasteiger partial charge in [-0.05, 0) is 42.0 Å². The lowest BCUT2D eigenvalue weighted by Crippen LogP contribution is -2.48. The minimum atomic E-state index is 0.0726. The summed E-state index contributed by atoms with van der Waals surface area (Å²) >= 11 is 0. The van der Waals surface area contributed by atoms with Crippen LogP contribution in [0.3, 0.4) is 0 Å². The van der Waals surface area contributed by atoms with Gasteiger partial charge in [0.15, 0.2) is 0 Å². The van der Waals surface area contributed by atoms with Crippen molar-refractivity contribution >= 4 is 16.9 Å². The number of carbonyl (C=O) groups is 1. The van der Waals surface area contributed by atoms with E-state index >= 15 is 0 Å². The highest BCUT2D eigenvalue weighted by atomic mass is 16.5. The van der Waals surface area contributed by atoms with Gasteiger partial charge in [0.25, 0.3) is 5.91 Å². The summed E-state index contributed by atoms with van der Waals surface area (Å²) in [6, 6.07) is 15.6. The number of rotatable bonds is 4. The Labute approximate surface area is 152 Å². The van der Waals surface area contributed by atoms with E-state index in [1.807, 2.05) is 35.2 Å². The van der Waals surface area contributed by atoms with Gasteiger partial charge in [-0.2, -0.15) is 0 Å². The van der Waals surface area contributed by atoms with E-state index in [2.05, 4.69) is 17.0 Å². The second-order valence-electron chi connectivity index (χ2n) is 6.59. The van der Waals surface area contributed by atoms with Crippen LogP contribution >= 0.6 is 0 Å². The Balaban J connectivity index is 1.36. The van der Waals surface area contributed by atoms with Gasteiger partial charge in [-0.3, -0.25) is 9.69 Å². The van der Waals surface area contributed by atoms with Crippen molar-refractivity contribution in [1.29, 1.82) is 0 Å². The topological polar surface area (TPSA) is 45.9 Å². The van der Waals surface area contributed by atoms with E-state index in [9.17, 15) is 4.79 Å². The van der Waals surface area contributed by atoms with Gasteiger partial charge >= 0.3 is 0 Å². The van der Waals surface area contributed by atoms with Crippen molar-refractivity contribution < 1.29 is 13.9 Å². The Morgan fingerprint density at radius 2 is 1.92 bits per heavy atom. The first-order chi connectivity index (χ1) is 12.7. The average molecular weight is 350 g/mol. The predicted molar refractivity (Wildman–Crippen MR) is 100 cm³/mol. The lowest BCUT2D eigenvalue weighted by atomic mass is 10.1. The molecule has 2 heterocycles. The molecule has 3 aromatic rings. The summed E-state index contributed by atoms with van der Waals surface area (Å²) < 4.78 is 10.6. The molecule has 0 saturated carbocycles. The van der Waals surface area contributed by atoms with Crippen molar-refractivity contribution in [2.75, 3.05) is 33.3 Å². The highest BCUT2D eigenvalue weighted by molar-refractivity contribution is 5.94. The van der Waals surface area contributed by atoms with Crippen LogP contribution in [0.2, 0.25) is 0 Å². The van der Waals surface area contributed by atoms with Gasteiger partial charge in [0.05, 0.1) is 13.4 Å². The molecule has 0 unspecified atom stereocenters. The summed E-state index contributed by atoms with van der Waals surface area (Å²) in [6.45, 7) is 4.12. The second kappa shape index (κ2) is 7.22. The molecule has 1 fully saturated rings. The van der Waals surface area contributed by atoms with Crippen LogP contribution in [-0.2, 0) is 6.54 Å². The number of ether oxygens (including phenoxy) is 1. The van der Waals surface area contributed by atoms with E-state index in [4.69, 9.17) is 9.15 Å². The molecule has 0 bridgehead atoms. The van der Waals surface area contributed by atoms with Gasteiger partial charge in [-0.1, -0.05) is 12.1 Å². The van der Waals surface area contributed by atoms with E-state index in [-0.39, 0.29) is 5.91 Å². The maximum Gasteiger partial charge on any atom is 0.254 e. The Morgan fingerprint density at radius 1 is 1.08 bits per heavy atom. The number of hydrogen-bond donors (Lipinski definition) is 0. The number of nitrogens with zero attached hydrogens (tertiary/aromatic N) is 2. The third kappa shape index (κ3) is 3.44. The zero-order valence-electron chi connectivity index (χ0n) is 14.9. The van der Waals surface area contributed by atoms with Gasteiger partial charge in [0.2, 0.25) is 0 Å². The third-order valence-corrected chi connectivity index (χ3v) is 4.90. The van der Waals surface area contributed by atoms with Gasteiger partial charge in [0.1, 0.15) is 11.3 Å². The summed E-state index contributed by atoms with van der Waals surface area (Å²) in [6.07, 6.45) is 1.72. The largest absolute Gasteiger partial charge is 0.497 e. The summed E-state index contributed by atoms with van der Waals surface area (Å²) in [5, 5.41) is 1.13. The van der Waals surface area contributed by atoms with Crippen molar-refractivity contribution in [2.24, 2.45) is 0 Å². The van der Waals surface area contributed by atoms with Crippen LogP contribution in [0.4, 0.5) is 0 Å². The highest BCUT2D eigenvalue weighted by Gasteiger charge is 2.22. The fourth-order valence-electron chi connectivity index (χ4n) is 3.42. The van der Waals surface area contributed by atoms with Crippen molar-refractivity contribution in [3.05, 3.63) is 65.9 Å². The predicted octanol–water partition coefficient (Wildman–Crippen LogP) is 3.40. The van der Waals surface area contributed by atoms with Crippen LogP contribution in [0.25, 0.3) is 11.0 Å². The Morgan fingerprint density at radius 3 is 2.73 bits per heavy atom. The maximum atomic E-state index is 12.7. The molecule has 134 valence electrons. The van der Waals surface area contributed by atoms with Crippen LogP contribution in [0, 0.1) is 0 Å². The molecule has 1 aliphatic rings. The SMILES string of the molecule is COc1cccc(C(=O)N2CCN(Cc3ccc4occc4c3)CC2)c1. The van der Waals surface area contributed by atoms with Crippen LogP contribution < -0.4 is 4.74 Å². The molecule has 0 radical (unpaired) electrons. The zero-order valence-corrected chi connectivity index (χ0v) is 14.9. The number of fused-ring (bicyclic) bond motifs is 1. The van der Waals surface area contributed by atoms with Crippen molar-refractivity contribution in [3.63, 3.8) is 0 Å². The average Bonchev–Trinajstić information content (AvgIpc) is 3.16. The molecule has 0 aliphatic carbocycles. The van der Waals surface area contributed by atoms with Gasteiger partial charge in [-0.25, -0.2) is 0 Å². The number of carbonyl (C=O) groups excluding carboxylic acids is 1. The molecular formula is C21H22N2O3. The smallest absolute Gasteiger partial charge is 0.254 e. The first kappa shape index (κ1) is 16.7. The van der Waals surface area contributed by atoms with Gasteiger partial charge < -0.3 is 14.1 Å².